The third-order valence-electron chi connectivity index (χ3n) is 3.08. The fourth-order valence-electron chi connectivity index (χ4n) is 2.00. The molecule has 0 aliphatic heterocycles. The Morgan fingerprint density at radius 2 is 2.18 bits per heavy atom. The number of aliphatic hydroxyl groups is 1. The van der Waals surface area contributed by atoms with Crippen LogP contribution in [0.2, 0.25) is 0 Å². The van der Waals surface area contributed by atoms with Crippen LogP contribution in [0.3, 0.4) is 0 Å². The topological polar surface area (TPSA) is 63.5 Å². The maximum absolute atomic E-state index is 9.87. The van der Waals surface area contributed by atoms with E-state index in [2.05, 4.69) is 31.0 Å². The molecule has 2 aromatic rings. The van der Waals surface area contributed by atoms with Gasteiger partial charge in [0.25, 0.3) is 0 Å². The van der Waals surface area contributed by atoms with Crippen molar-refractivity contribution in [3.05, 3.63) is 35.4 Å². The van der Waals surface area contributed by atoms with Gasteiger partial charge >= 0.3 is 0 Å². The number of aliphatic hydroxyl groups excluding tert-OH is 1. The van der Waals surface area contributed by atoms with Crippen LogP contribution in [0, 0.1) is 6.92 Å². The summed E-state index contributed by atoms with van der Waals surface area (Å²) in [6, 6.07) is 4.17. The van der Waals surface area contributed by atoms with Gasteiger partial charge in [-0.2, -0.15) is 0 Å². The van der Waals surface area contributed by atoms with Gasteiger partial charge in [-0.15, -0.1) is 0 Å². The summed E-state index contributed by atoms with van der Waals surface area (Å²) >= 11 is 0. The standard InChI is InChI=1S/C13H19N3O/c1-8(2)10-4-5-16-9(3)15-13(11(16)6-10)12(17)7-14/h4-6,8,12,17H,7,14H2,1-3H3. The minimum atomic E-state index is -0.693. The van der Waals surface area contributed by atoms with E-state index in [4.69, 9.17) is 5.73 Å². The minimum Gasteiger partial charge on any atom is -0.385 e. The molecular formula is C13H19N3O. The van der Waals surface area contributed by atoms with E-state index >= 15 is 0 Å². The zero-order chi connectivity index (χ0) is 12.6. The normalized spacial score (nSPS) is 13.5. The van der Waals surface area contributed by atoms with E-state index in [0.717, 1.165) is 11.3 Å². The maximum atomic E-state index is 9.87. The molecule has 1 unspecified atom stereocenters. The average Bonchev–Trinajstić information content (AvgIpc) is 2.65. The van der Waals surface area contributed by atoms with Crippen molar-refractivity contribution in [2.45, 2.75) is 32.8 Å². The van der Waals surface area contributed by atoms with E-state index in [0.29, 0.717) is 11.6 Å². The Hall–Kier alpha value is -1.39. The molecule has 17 heavy (non-hydrogen) atoms. The molecule has 0 amide bonds. The lowest BCUT2D eigenvalue weighted by atomic mass is 10.0. The van der Waals surface area contributed by atoms with Crippen molar-refractivity contribution in [3.63, 3.8) is 0 Å². The first-order chi connectivity index (χ1) is 8.04. The molecule has 0 saturated carbocycles. The van der Waals surface area contributed by atoms with Gasteiger partial charge in [-0.1, -0.05) is 13.8 Å². The van der Waals surface area contributed by atoms with E-state index in [-0.39, 0.29) is 6.54 Å². The van der Waals surface area contributed by atoms with Crippen LogP contribution < -0.4 is 5.73 Å². The van der Waals surface area contributed by atoms with Gasteiger partial charge < -0.3 is 15.2 Å². The molecule has 0 spiro atoms. The largest absolute Gasteiger partial charge is 0.385 e. The highest BCUT2D eigenvalue weighted by molar-refractivity contribution is 5.56. The molecule has 3 N–H and O–H groups in total. The average molecular weight is 233 g/mol. The second kappa shape index (κ2) is 4.47. The second-order valence-corrected chi connectivity index (χ2v) is 4.67. The maximum Gasteiger partial charge on any atom is 0.110 e. The summed E-state index contributed by atoms with van der Waals surface area (Å²) in [5.74, 6) is 1.33. The van der Waals surface area contributed by atoms with Crippen LogP contribution in [-0.4, -0.2) is 21.0 Å². The molecule has 0 aliphatic rings. The van der Waals surface area contributed by atoms with E-state index < -0.39 is 6.10 Å². The van der Waals surface area contributed by atoms with E-state index in [1.54, 1.807) is 0 Å². The van der Waals surface area contributed by atoms with Gasteiger partial charge in [-0.05, 0) is 30.5 Å². The van der Waals surface area contributed by atoms with Crippen LogP contribution in [0.4, 0.5) is 0 Å². The van der Waals surface area contributed by atoms with Crippen molar-refractivity contribution in [3.8, 4) is 0 Å². The molecule has 4 nitrogen and oxygen atoms in total. The Morgan fingerprint density at radius 1 is 1.47 bits per heavy atom. The van der Waals surface area contributed by atoms with Crippen molar-refractivity contribution in [2.24, 2.45) is 5.73 Å². The monoisotopic (exact) mass is 233 g/mol. The third kappa shape index (κ3) is 2.06. The van der Waals surface area contributed by atoms with Crippen molar-refractivity contribution in [2.75, 3.05) is 6.54 Å². The Morgan fingerprint density at radius 3 is 2.76 bits per heavy atom. The zero-order valence-electron chi connectivity index (χ0n) is 10.5. The van der Waals surface area contributed by atoms with Crippen LogP contribution in [-0.2, 0) is 0 Å². The number of hydrogen-bond acceptors (Lipinski definition) is 3. The number of aromatic nitrogens is 2. The fraction of sp³-hybridized carbons (Fsp3) is 0.462. The predicted molar refractivity (Wildman–Crippen MR) is 68.0 cm³/mol. The molecule has 0 fully saturated rings. The van der Waals surface area contributed by atoms with Crippen molar-refractivity contribution in [1.29, 1.82) is 0 Å². The molecule has 2 heterocycles. The number of nitrogens with zero attached hydrogens (tertiary/aromatic N) is 2. The first kappa shape index (κ1) is 12.1. The Labute approximate surface area is 101 Å². The Kier molecular flexibility index (Phi) is 3.17. The van der Waals surface area contributed by atoms with E-state index in [9.17, 15) is 5.11 Å². The number of pyridine rings is 1. The first-order valence-electron chi connectivity index (χ1n) is 5.91. The number of nitrogens with two attached hydrogens (primary N) is 1. The minimum absolute atomic E-state index is 0.192. The molecule has 0 bridgehead atoms. The zero-order valence-corrected chi connectivity index (χ0v) is 10.5. The first-order valence-corrected chi connectivity index (χ1v) is 5.91. The summed E-state index contributed by atoms with van der Waals surface area (Å²) in [4.78, 5) is 4.39. The van der Waals surface area contributed by atoms with Gasteiger partial charge in [0.2, 0.25) is 0 Å². The number of hydrogen-bond donors (Lipinski definition) is 2. The molecular weight excluding hydrogens is 214 g/mol. The summed E-state index contributed by atoms with van der Waals surface area (Å²) in [7, 11) is 0. The Bertz CT molecular complexity index is 531. The summed E-state index contributed by atoms with van der Waals surface area (Å²) in [6.07, 6.45) is 1.31. The van der Waals surface area contributed by atoms with Crippen molar-refractivity contribution in [1.82, 2.24) is 9.38 Å². The Balaban J connectivity index is 2.64. The number of imidazole rings is 1. The van der Waals surface area contributed by atoms with Crippen LogP contribution >= 0.6 is 0 Å². The SMILES string of the molecule is Cc1nc(C(O)CN)c2cc(C(C)C)ccn12. The fourth-order valence-corrected chi connectivity index (χ4v) is 2.00. The lowest BCUT2D eigenvalue weighted by Crippen LogP contribution is -2.12. The molecule has 92 valence electrons. The molecule has 1 atom stereocenters. The van der Waals surface area contributed by atoms with Crippen LogP contribution in [0.1, 0.15) is 43.0 Å². The number of aryl methyl sites for hydroxylation is 1. The predicted octanol–water partition coefficient (Wildman–Crippen LogP) is 1.76. The molecule has 2 rings (SSSR count). The van der Waals surface area contributed by atoms with Crippen LogP contribution in [0.5, 0.6) is 0 Å². The highest BCUT2D eigenvalue weighted by atomic mass is 16.3. The van der Waals surface area contributed by atoms with Gasteiger partial charge in [0.1, 0.15) is 11.9 Å². The lowest BCUT2D eigenvalue weighted by Gasteiger charge is -2.08. The summed E-state index contributed by atoms with van der Waals surface area (Å²) in [6.45, 7) is 6.41. The highest BCUT2D eigenvalue weighted by Gasteiger charge is 2.15. The molecule has 0 saturated heterocycles. The molecule has 0 aliphatic carbocycles. The lowest BCUT2D eigenvalue weighted by molar-refractivity contribution is 0.184. The highest BCUT2D eigenvalue weighted by Crippen LogP contribution is 2.23. The molecule has 4 heteroatoms. The molecule has 0 radical (unpaired) electrons. The molecule has 0 aromatic carbocycles. The summed E-state index contributed by atoms with van der Waals surface area (Å²) < 4.78 is 1.99. The quantitative estimate of drug-likeness (QED) is 0.849. The van der Waals surface area contributed by atoms with Gasteiger partial charge in [0.15, 0.2) is 0 Å². The van der Waals surface area contributed by atoms with Gasteiger partial charge in [-0.25, -0.2) is 4.98 Å². The molecule has 2 aromatic heterocycles. The third-order valence-corrected chi connectivity index (χ3v) is 3.08. The van der Waals surface area contributed by atoms with Gasteiger partial charge in [-0.3, -0.25) is 0 Å². The number of fused-ring (bicyclic) bond motifs is 1. The smallest absolute Gasteiger partial charge is 0.110 e. The second-order valence-electron chi connectivity index (χ2n) is 4.67. The summed E-state index contributed by atoms with van der Waals surface area (Å²) in [5.41, 5.74) is 8.37. The van der Waals surface area contributed by atoms with E-state index in [1.807, 2.05) is 17.5 Å². The van der Waals surface area contributed by atoms with Gasteiger partial charge in [0, 0.05) is 12.7 Å². The number of rotatable bonds is 3. The van der Waals surface area contributed by atoms with Gasteiger partial charge in [0.05, 0.1) is 11.2 Å². The summed E-state index contributed by atoms with van der Waals surface area (Å²) in [5, 5.41) is 9.87. The van der Waals surface area contributed by atoms with Crippen molar-refractivity contribution >= 4 is 5.52 Å². The van der Waals surface area contributed by atoms with Crippen molar-refractivity contribution < 1.29 is 5.11 Å². The van der Waals surface area contributed by atoms with E-state index in [1.165, 1.54) is 5.56 Å². The van der Waals surface area contributed by atoms with Crippen LogP contribution in [0.15, 0.2) is 18.3 Å². The van der Waals surface area contributed by atoms with Crippen LogP contribution in [0.25, 0.3) is 5.52 Å².